The van der Waals surface area contributed by atoms with E-state index in [1.54, 1.807) is 36.4 Å². The van der Waals surface area contributed by atoms with Gasteiger partial charge in [0.15, 0.2) is 0 Å². The Kier molecular flexibility index (Phi) is 9.03. The molecule has 4 rings (SSSR count). The SMILES string of the molecule is O=C(N[C@@H](CNC(=O)c1ccc(CNCCc2nc3ccccc3[nH]2)cc1)C(=O)O)OCc1ccccc1. The highest BCUT2D eigenvalue weighted by Crippen LogP contribution is 2.10. The Hall–Kier alpha value is -4.70. The number of carboxylic acid groups (broad SMARTS) is 1. The Morgan fingerprint density at radius 3 is 2.39 bits per heavy atom. The lowest BCUT2D eigenvalue weighted by atomic mass is 10.1. The van der Waals surface area contributed by atoms with Crippen LogP contribution in [0.5, 0.6) is 0 Å². The average molecular weight is 516 g/mol. The van der Waals surface area contributed by atoms with Gasteiger partial charge in [0.05, 0.1) is 11.0 Å². The standard InChI is InChI=1S/C28H29N5O5/c34-26(30-17-24(27(35)36)33-28(37)38-18-20-6-2-1-3-7-20)21-12-10-19(11-13-21)16-29-15-14-25-31-22-8-4-5-9-23(22)32-25/h1-13,24,29H,14-18H2,(H,30,34)(H,31,32)(H,33,37)(H,35,36)/t24-/m0/s1. The number of carbonyl (C=O) groups excluding carboxylic acids is 2. The Morgan fingerprint density at radius 1 is 0.921 bits per heavy atom. The molecule has 1 aromatic heterocycles. The van der Waals surface area contributed by atoms with Crippen molar-refractivity contribution in [1.82, 2.24) is 25.9 Å². The molecule has 38 heavy (non-hydrogen) atoms. The first-order valence-corrected chi connectivity index (χ1v) is 12.2. The number of aromatic nitrogens is 2. The number of imidazole rings is 1. The van der Waals surface area contributed by atoms with Gasteiger partial charge in [-0.2, -0.15) is 0 Å². The van der Waals surface area contributed by atoms with Crippen molar-refractivity contribution in [3.63, 3.8) is 0 Å². The summed E-state index contributed by atoms with van der Waals surface area (Å²) in [4.78, 5) is 43.9. The zero-order valence-corrected chi connectivity index (χ0v) is 20.6. The second-order valence-electron chi connectivity index (χ2n) is 8.63. The second-order valence-corrected chi connectivity index (χ2v) is 8.63. The van der Waals surface area contributed by atoms with E-state index in [-0.39, 0.29) is 13.2 Å². The van der Waals surface area contributed by atoms with E-state index in [1.807, 2.05) is 42.5 Å². The van der Waals surface area contributed by atoms with Crippen LogP contribution in [0.2, 0.25) is 0 Å². The van der Waals surface area contributed by atoms with E-state index < -0.39 is 24.0 Å². The minimum absolute atomic E-state index is 0.00643. The fraction of sp³-hybridized carbons (Fsp3) is 0.214. The fourth-order valence-corrected chi connectivity index (χ4v) is 3.74. The normalized spacial score (nSPS) is 11.6. The Labute approximate surface area is 219 Å². The maximum absolute atomic E-state index is 12.5. The second kappa shape index (κ2) is 13.0. The predicted octanol–water partition coefficient (Wildman–Crippen LogP) is 3.00. The van der Waals surface area contributed by atoms with Gasteiger partial charge in [0, 0.05) is 31.6 Å². The van der Waals surface area contributed by atoms with Crippen LogP contribution in [0.15, 0.2) is 78.9 Å². The molecule has 0 aliphatic heterocycles. The molecule has 2 amide bonds. The van der Waals surface area contributed by atoms with Crippen molar-refractivity contribution in [2.24, 2.45) is 0 Å². The van der Waals surface area contributed by atoms with Crippen LogP contribution in [-0.2, 0) is 29.1 Å². The Balaban J connectivity index is 1.18. The number of hydrogen-bond acceptors (Lipinski definition) is 6. The molecule has 1 atom stereocenters. The zero-order valence-electron chi connectivity index (χ0n) is 20.6. The zero-order chi connectivity index (χ0) is 26.7. The maximum atomic E-state index is 12.5. The number of carboxylic acids is 1. The number of benzene rings is 3. The average Bonchev–Trinajstić information content (AvgIpc) is 3.36. The van der Waals surface area contributed by atoms with Crippen LogP contribution < -0.4 is 16.0 Å². The first kappa shape index (κ1) is 26.4. The van der Waals surface area contributed by atoms with E-state index in [0.29, 0.717) is 12.1 Å². The number of nitrogens with one attached hydrogen (secondary N) is 4. The highest BCUT2D eigenvalue weighted by molar-refractivity contribution is 5.94. The van der Waals surface area contributed by atoms with E-state index in [4.69, 9.17) is 4.74 Å². The van der Waals surface area contributed by atoms with E-state index in [2.05, 4.69) is 25.9 Å². The highest BCUT2D eigenvalue weighted by Gasteiger charge is 2.22. The third kappa shape index (κ3) is 7.65. The summed E-state index contributed by atoms with van der Waals surface area (Å²) in [5, 5.41) is 17.6. The number of nitrogens with zero attached hydrogens (tertiary/aromatic N) is 1. The molecule has 0 bridgehead atoms. The van der Waals surface area contributed by atoms with Crippen LogP contribution >= 0.6 is 0 Å². The molecular weight excluding hydrogens is 486 g/mol. The molecule has 10 nitrogen and oxygen atoms in total. The molecule has 0 spiro atoms. The molecule has 0 unspecified atom stereocenters. The van der Waals surface area contributed by atoms with Gasteiger partial charge in [-0.05, 0) is 35.4 Å². The number of amides is 2. The minimum atomic E-state index is -1.34. The first-order valence-electron chi connectivity index (χ1n) is 12.2. The molecule has 0 aliphatic rings. The van der Waals surface area contributed by atoms with Gasteiger partial charge in [0.25, 0.3) is 5.91 Å². The molecule has 0 fully saturated rings. The summed E-state index contributed by atoms with van der Waals surface area (Å²) in [5.74, 6) is -0.810. The van der Waals surface area contributed by atoms with Gasteiger partial charge in [-0.15, -0.1) is 0 Å². The van der Waals surface area contributed by atoms with Crippen molar-refractivity contribution < 1.29 is 24.2 Å². The van der Waals surface area contributed by atoms with E-state index in [9.17, 15) is 19.5 Å². The molecule has 0 saturated carbocycles. The summed E-state index contributed by atoms with van der Waals surface area (Å²) in [7, 11) is 0. The van der Waals surface area contributed by atoms with Crippen molar-refractivity contribution in [3.8, 4) is 0 Å². The number of rotatable bonds is 12. The number of carbonyl (C=O) groups is 3. The van der Waals surface area contributed by atoms with Gasteiger partial charge in [-0.25, -0.2) is 14.6 Å². The van der Waals surface area contributed by atoms with Gasteiger partial charge in [0.1, 0.15) is 18.5 Å². The van der Waals surface area contributed by atoms with E-state index in [0.717, 1.165) is 41.0 Å². The molecule has 0 radical (unpaired) electrons. The molecule has 4 aromatic rings. The monoisotopic (exact) mass is 515 g/mol. The third-order valence-electron chi connectivity index (χ3n) is 5.79. The largest absolute Gasteiger partial charge is 0.480 e. The lowest BCUT2D eigenvalue weighted by Gasteiger charge is -2.15. The molecule has 0 aliphatic carbocycles. The lowest BCUT2D eigenvalue weighted by molar-refractivity contribution is -0.139. The Morgan fingerprint density at radius 2 is 1.66 bits per heavy atom. The number of H-pyrrole nitrogens is 1. The van der Waals surface area contributed by atoms with E-state index in [1.165, 1.54) is 0 Å². The summed E-state index contributed by atoms with van der Waals surface area (Å²) in [6.45, 7) is 1.07. The number of hydrogen-bond donors (Lipinski definition) is 5. The van der Waals surface area contributed by atoms with Crippen molar-refractivity contribution in [2.45, 2.75) is 25.6 Å². The summed E-state index contributed by atoms with van der Waals surface area (Å²) < 4.78 is 5.06. The van der Waals surface area contributed by atoms with Gasteiger partial charge in [-0.3, -0.25) is 4.79 Å². The van der Waals surface area contributed by atoms with Crippen molar-refractivity contribution in [2.75, 3.05) is 13.1 Å². The molecule has 0 saturated heterocycles. The smallest absolute Gasteiger partial charge is 0.408 e. The molecule has 1 heterocycles. The quantitative estimate of drug-likeness (QED) is 0.182. The maximum Gasteiger partial charge on any atom is 0.408 e. The lowest BCUT2D eigenvalue weighted by Crippen LogP contribution is -2.48. The van der Waals surface area contributed by atoms with Gasteiger partial charge < -0.3 is 30.8 Å². The minimum Gasteiger partial charge on any atom is -0.480 e. The number of alkyl carbamates (subject to hydrolysis) is 1. The first-order chi connectivity index (χ1) is 18.5. The van der Waals surface area contributed by atoms with Crippen LogP contribution in [0.3, 0.4) is 0 Å². The predicted molar refractivity (Wildman–Crippen MR) is 141 cm³/mol. The molecule has 10 heteroatoms. The molecule has 5 N–H and O–H groups in total. The van der Waals surface area contributed by atoms with Crippen molar-refractivity contribution in [1.29, 1.82) is 0 Å². The number of fused-ring (bicyclic) bond motifs is 1. The summed E-state index contributed by atoms with van der Waals surface area (Å²) in [5.41, 5.74) is 4.12. The molecular formula is C28H29N5O5. The highest BCUT2D eigenvalue weighted by atomic mass is 16.5. The third-order valence-corrected chi connectivity index (χ3v) is 5.79. The van der Waals surface area contributed by atoms with Gasteiger partial charge in [-0.1, -0.05) is 54.6 Å². The van der Waals surface area contributed by atoms with Crippen LogP contribution in [0.25, 0.3) is 11.0 Å². The molecule has 196 valence electrons. The van der Waals surface area contributed by atoms with Crippen LogP contribution in [0.1, 0.15) is 27.3 Å². The summed E-state index contributed by atoms with van der Waals surface area (Å²) in [6, 6.07) is 22.6. The van der Waals surface area contributed by atoms with E-state index >= 15 is 0 Å². The number of para-hydroxylation sites is 2. The summed E-state index contributed by atoms with van der Waals surface area (Å²) in [6.07, 6.45) is -0.124. The fourth-order valence-electron chi connectivity index (χ4n) is 3.74. The van der Waals surface area contributed by atoms with Crippen LogP contribution in [0.4, 0.5) is 4.79 Å². The number of aliphatic carboxylic acids is 1. The summed E-state index contributed by atoms with van der Waals surface area (Å²) >= 11 is 0. The number of aromatic amines is 1. The van der Waals surface area contributed by atoms with Crippen molar-refractivity contribution in [3.05, 3.63) is 101 Å². The Bertz CT molecular complexity index is 1340. The molecule has 3 aromatic carbocycles. The number of ether oxygens (including phenoxy) is 1. The van der Waals surface area contributed by atoms with Gasteiger partial charge in [0.2, 0.25) is 0 Å². The topological polar surface area (TPSA) is 145 Å². The van der Waals surface area contributed by atoms with Crippen LogP contribution in [0, 0.1) is 0 Å². The van der Waals surface area contributed by atoms with Crippen LogP contribution in [-0.4, -0.2) is 52.2 Å². The van der Waals surface area contributed by atoms with Crippen molar-refractivity contribution >= 4 is 29.0 Å². The van der Waals surface area contributed by atoms with Gasteiger partial charge >= 0.3 is 12.1 Å².